The van der Waals surface area contributed by atoms with Gasteiger partial charge in [-0.25, -0.2) is 8.42 Å². The molecule has 3 aliphatic rings. The number of hydrogen-bond acceptors (Lipinski definition) is 4. The van der Waals surface area contributed by atoms with Crippen molar-refractivity contribution in [1.82, 2.24) is 0 Å². The van der Waals surface area contributed by atoms with Crippen LogP contribution in [-0.2, 0) is 9.84 Å². The minimum absolute atomic E-state index is 0.143. The van der Waals surface area contributed by atoms with Crippen molar-refractivity contribution in [3.8, 4) is 0 Å². The van der Waals surface area contributed by atoms with Crippen molar-refractivity contribution in [3.05, 3.63) is 87.9 Å². The molecule has 0 saturated heterocycles. The quantitative estimate of drug-likeness (QED) is 0.821. The molecule has 2 bridgehead atoms. The second kappa shape index (κ2) is 5.11. The van der Waals surface area contributed by atoms with Crippen LogP contribution in [0.2, 0.25) is 0 Å². The zero-order valence-electron chi connectivity index (χ0n) is 13.7. The van der Waals surface area contributed by atoms with Crippen molar-refractivity contribution in [2.45, 2.75) is 11.3 Å². The molecule has 26 heavy (non-hydrogen) atoms. The smallest absolute Gasteiger partial charge is 0.203 e. The van der Waals surface area contributed by atoms with Gasteiger partial charge in [-0.05, 0) is 18.6 Å². The molecule has 0 spiro atoms. The fraction of sp³-hybridized carbons (Fsp3) is 0.143. The second-order valence-corrected chi connectivity index (χ2v) is 8.76. The Morgan fingerprint density at radius 2 is 1.35 bits per heavy atom. The molecule has 0 aliphatic heterocycles. The molecule has 0 fully saturated rings. The number of sulfone groups is 1. The van der Waals surface area contributed by atoms with Crippen LogP contribution in [0.25, 0.3) is 0 Å². The monoisotopic (exact) mass is 362 g/mol. The van der Waals surface area contributed by atoms with Gasteiger partial charge in [-0.1, -0.05) is 48.5 Å². The van der Waals surface area contributed by atoms with Crippen LogP contribution < -0.4 is 0 Å². The Bertz CT molecular complexity index is 1150. The molecule has 5 heteroatoms. The largest absolute Gasteiger partial charge is 0.289 e. The van der Waals surface area contributed by atoms with E-state index in [0.717, 1.165) is 0 Å². The molecule has 0 unspecified atom stereocenters. The maximum absolute atomic E-state index is 13.0. The Morgan fingerprint density at radius 3 is 2.00 bits per heavy atom. The van der Waals surface area contributed by atoms with E-state index >= 15 is 0 Å². The van der Waals surface area contributed by atoms with Crippen LogP contribution >= 0.6 is 0 Å². The Kier molecular flexibility index (Phi) is 3.04. The number of Topliss-reactive ketones (excluding diaryl/α,β-unsaturated/α-hetero) is 2. The van der Waals surface area contributed by atoms with Crippen molar-refractivity contribution < 1.29 is 18.0 Å². The number of ketones is 2. The zero-order chi connectivity index (χ0) is 18.1. The molecule has 2 atom stereocenters. The molecule has 0 radical (unpaired) electrons. The summed E-state index contributed by atoms with van der Waals surface area (Å²) in [6.07, 6.45) is 2.16. The molecule has 0 N–H and O–H groups in total. The first-order valence-electron chi connectivity index (χ1n) is 8.44. The molecule has 0 aromatic heterocycles. The summed E-state index contributed by atoms with van der Waals surface area (Å²) < 4.78 is 26.1. The molecule has 2 aromatic carbocycles. The molecule has 0 amide bonds. The highest BCUT2D eigenvalue weighted by molar-refractivity contribution is 7.95. The van der Waals surface area contributed by atoms with Crippen LogP contribution in [0, 0.1) is 11.8 Å². The van der Waals surface area contributed by atoms with Gasteiger partial charge in [-0.15, -0.1) is 0 Å². The SMILES string of the molecule is O=C1C2=C(C(=O)c3ccccc31)[C@@H]1C=C(S(=O)(=O)c3ccccc3)[C@H]2C1. The van der Waals surface area contributed by atoms with Gasteiger partial charge in [0.2, 0.25) is 9.84 Å². The average Bonchev–Trinajstić information content (AvgIpc) is 3.26. The van der Waals surface area contributed by atoms with Crippen LogP contribution in [-0.4, -0.2) is 20.0 Å². The third-order valence-electron chi connectivity index (χ3n) is 5.48. The number of allylic oxidation sites excluding steroid dienone is 4. The number of fused-ring (bicyclic) bond motifs is 5. The topological polar surface area (TPSA) is 68.3 Å². The highest BCUT2D eigenvalue weighted by atomic mass is 32.2. The van der Waals surface area contributed by atoms with E-state index in [4.69, 9.17) is 0 Å². The summed E-state index contributed by atoms with van der Waals surface area (Å²) in [5.41, 5.74) is 1.67. The molecule has 0 heterocycles. The van der Waals surface area contributed by atoms with Gasteiger partial charge in [-0.3, -0.25) is 9.59 Å². The first-order valence-corrected chi connectivity index (χ1v) is 9.93. The summed E-state index contributed by atoms with van der Waals surface area (Å²) in [4.78, 5) is 26.4. The van der Waals surface area contributed by atoms with E-state index < -0.39 is 15.8 Å². The van der Waals surface area contributed by atoms with Crippen LogP contribution in [0.4, 0.5) is 0 Å². The first kappa shape index (κ1) is 15.5. The van der Waals surface area contributed by atoms with E-state index in [-0.39, 0.29) is 27.3 Å². The first-order chi connectivity index (χ1) is 12.5. The van der Waals surface area contributed by atoms with Crippen LogP contribution in [0.15, 0.2) is 81.6 Å². The van der Waals surface area contributed by atoms with Crippen molar-refractivity contribution in [3.63, 3.8) is 0 Å². The molecular weight excluding hydrogens is 348 g/mol. The van der Waals surface area contributed by atoms with Gasteiger partial charge in [-0.2, -0.15) is 0 Å². The fourth-order valence-corrected chi connectivity index (χ4v) is 6.07. The van der Waals surface area contributed by atoms with E-state index in [9.17, 15) is 18.0 Å². The predicted octanol–water partition coefficient (Wildman–Crippen LogP) is 3.37. The van der Waals surface area contributed by atoms with Crippen molar-refractivity contribution in [2.24, 2.45) is 11.8 Å². The van der Waals surface area contributed by atoms with E-state index in [0.29, 0.717) is 28.7 Å². The number of hydrogen-bond donors (Lipinski definition) is 0. The summed E-state index contributed by atoms with van der Waals surface area (Å²) in [6.45, 7) is 0. The number of benzene rings is 2. The van der Waals surface area contributed by atoms with Crippen molar-refractivity contribution in [1.29, 1.82) is 0 Å². The normalized spacial score (nSPS) is 23.8. The highest BCUT2D eigenvalue weighted by Crippen LogP contribution is 2.53. The second-order valence-electron chi connectivity index (χ2n) is 6.81. The third kappa shape index (κ3) is 1.86. The minimum Gasteiger partial charge on any atom is -0.289 e. The Balaban J connectivity index is 1.63. The van der Waals surface area contributed by atoms with Crippen LogP contribution in [0.3, 0.4) is 0 Å². The summed E-state index contributed by atoms with van der Waals surface area (Å²) in [5, 5.41) is 0. The van der Waals surface area contributed by atoms with Crippen LogP contribution in [0.1, 0.15) is 27.1 Å². The van der Waals surface area contributed by atoms with E-state index in [1.165, 1.54) is 0 Å². The number of carbonyl (C=O) groups excluding carboxylic acids is 2. The van der Waals surface area contributed by atoms with Gasteiger partial charge in [0.1, 0.15) is 0 Å². The standard InChI is InChI=1S/C21H14O4S/c22-20-14-8-4-5-9-15(14)21(23)19-16-10-12(18(19)20)11-17(16)26(24,25)13-6-2-1-3-7-13/h1-9,11-12,16H,10H2/t12-,16+/m0/s1. The fourth-order valence-electron chi connectivity index (χ4n) is 4.35. The lowest BCUT2D eigenvalue weighted by molar-refractivity contribution is 0.0969. The molecule has 4 nitrogen and oxygen atoms in total. The van der Waals surface area contributed by atoms with Gasteiger partial charge in [0.15, 0.2) is 11.6 Å². The Morgan fingerprint density at radius 1 is 0.769 bits per heavy atom. The van der Waals surface area contributed by atoms with E-state index in [1.807, 2.05) is 0 Å². The maximum atomic E-state index is 13.0. The van der Waals surface area contributed by atoms with Crippen LogP contribution in [0.5, 0.6) is 0 Å². The lowest BCUT2D eigenvalue weighted by atomic mass is 9.79. The Labute approximate surface area is 150 Å². The Hall–Kier alpha value is -2.79. The average molecular weight is 362 g/mol. The molecule has 3 aliphatic carbocycles. The van der Waals surface area contributed by atoms with Crippen molar-refractivity contribution in [2.75, 3.05) is 0 Å². The van der Waals surface area contributed by atoms with E-state index in [2.05, 4.69) is 0 Å². The summed E-state index contributed by atoms with van der Waals surface area (Å²) in [5.74, 6) is -1.18. The number of rotatable bonds is 2. The molecule has 2 aromatic rings. The van der Waals surface area contributed by atoms with Gasteiger partial charge >= 0.3 is 0 Å². The van der Waals surface area contributed by atoms with E-state index in [1.54, 1.807) is 60.7 Å². The van der Waals surface area contributed by atoms with Gasteiger partial charge in [0.05, 0.1) is 9.80 Å². The lowest BCUT2D eigenvalue weighted by Crippen LogP contribution is -2.27. The molecule has 5 rings (SSSR count). The maximum Gasteiger partial charge on any atom is 0.203 e. The summed E-state index contributed by atoms with van der Waals surface area (Å²) >= 11 is 0. The summed E-state index contributed by atoms with van der Waals surface area (Å²) in [7, 11) is -3.67. The molecule has 128 valence electrons. The lowest BCUT2D eigenvalue weighted by Gasteiger charge is -2.24. The number of carbonyl (C=O) groups is 2. The predicted molar refractivity (Wildman–Crippen MR) is 95.4 cm³/mol. The molecular formula is C21H14O4S. The summed E-state index contributed by atoms with van der Waals surface area (Å²) in [6, 6.07) is 15.0. The third-order valence-corrected chi connectivity index (χ3v) is 7.41. The van der Waals surface area contributed by atoms with Gasteiger partial charge in [0.25, 0.3) is 0 Å². The van der Waals surface area contributed by atoms with Gasteiger partial charge < -0.3 is 0 Å². The minimum atomic E-state index is -3.67. The zero-order valence-corrected chi connectivity index (χ0v) is 14.5. The molecule has 0 saturated carbocycles. The highest BCUT2D eigenvalue weighted by Gasteiger charge is 2.51. The van der Waals surface area contributed by atoms with Gasteiger partial charge in [0, 0.05) is 34.1 Å². The van der Waals surface area contributed by atoms with Crippen molar-refractivity contribution >= 4 is 21.4 Å².